The molecule has 0 atom stereocenters. The highest BCUT2D eigenvalue weighted by molar-refractivity contribution is 6.31. The molecular weight excluding hydrogens is 362 g/mol. The molecule has 0 saturated heterocycles. The molecule has 0 aliphatic heterocycles. The molecule has 1 amide bonds. The van der Waals surface area contributed by atoms with E-state index in [9.17, 15) is 4.79 Å². The maximum atomic E-state index is 11.2. The third-order valence-corrected chi connectivity index (χ3v) is 4.14. The van der Waals surface area contributed by atoms with Gasteiger partial charge in [-0.15, -0.1) is 0 Å². The van der Waals surface area contributed by atoms with Crippen LogP contribution >= 0.6 is 11.6 Å². The second-order valence-corrected chi connectivity index (χ2v) is 6.60. The van der Waals surface area contributed by atoms with Crippen molar-refractivity contribution in [1.29, 1.82) is 0 Å². The van der Waals surface area contributed by atoms with Crippen molar-refractivity contribution < 1.29 is 4.79 Å². The number of anilines is 5. The zero-order valence-electron chi connectivity index (χ0n) is 15.3. The summed E-state index contributed by atoms with van der Waals surface area (Å²) in [4.78, 5) is 20.1. The van der Waals surface area contributed by atoms with Crippen LogP contribution in [0.25, 0.3) is 0 Å². The number of carbonyl (C=O) groups excluding carboxylic acids is 1. The summed E-state index contributed by atoms with van der Waals surface area (Å²) >= 11 is 6.18. The molecule has 7 heteroatoms. The first-order chi connectivity index (χ1) is 12.9. The number of carbonyl (C=O) groups is 1. The molecule has 2 aromatic carbocycles. The van der Waals surface area contributed by atoms with E-state index in [-0.39, 0.29) is 5.91 Å². The van der Waals surface area contributed by atoms with Crippen molar-refractivity contribution in [3.05, 3.63) is 64.8 Å². The minimum atomic E-state index is -0.117. The zero-order valence-corrected chi connectivity index (χ0v) is 16.1. The van der Waals surface area contributed by atoms with Crippen molar-refractivity contribution in [3.63, 3.8) is 0 Å². The summed E-state index contributed by atoms with van der Waals surface area (Å²) < 4.78 is 0. The lowest BCUT2D eigenvalue weighted by molar-refractivity contribution is -0.114. The minimum absolute atomic E-state index is 0.117. The predicted octanol–water partition coefficient (Wildman–Crippen LogP) is 5.19. The fourth-order valence-corrected chi connectivity index (χ4v) is 2.69. The average Bonchev–Trinajstić information content (AvgIpc) is 2.57. The lowest BCUT2D eigenvalue weighted by Crippen LogP contribution is -2.06. The van der Waals surface area contributed by atoms with Crippen molar-refractivity contribution >= 4 is 46.3 Å². The summed E-state index contributed by atoms with van der Waals surface area (Å²) in [7, 11) is 0. The maximum absolute atomic E-state index is 11.2. The molecule has 3 rings (SSSR count). The Hall–Kier alpha value is -3.12. The van der Waals surface area contributed by atoms with Gasteiger partial charge in [-0.3, -0.25) is 4.79 Å². The third kappa shape index (κ3) is 5.18. The molecule has 0 unspecified atom stereocenters. The Morgan fingerprint density at radius 1 is 0.926 bits per heavy atom. The Bertz CT molecular complexity index is 990. The number of halogens is 1. The van der Waals surface area contributed by atoms with Gasteiger partial charge in [-0.2, -0.15) is 4.98 Å². The molecule has 0 radical (unpaired) electrons. The van der Waals surface area contributed by atoms with Gasteiger partial charge >= 0.3 is 0 Å². The van der Waals surface area contributed by atoms with Crippen LogP contribution in [-0.4, -0.2) is 15.9 Å². The Labute approximate surface area is 163 Å². The molecule has 0 saturated carbocycles. The highest BCUT2D eigenvalue weighted by atomic mass is 35.5. The highest BCUT2D eigenvalue weighted by Crippen LogP contribution is 2.24. The maximum Gasteiger partial charge on any atom is 0.229 e. The normalized spacial score (nSPS) is 10.4. The average molecular weight is 382 g/mol. The van der Waals surface area contributed by atoms with Gasteiger partial charge in [0.15, 0.2) is 0 Å². The van der Waals surface area contributed by atoms with Crippen LogP contribution in [0.5, 0.6) is 0 Å². The molecule has 0 aliphatic rings. The number of aromatic nitrogens is 2. The van der Waals surface area contributed by atoms with Crippen LogP contribution in [0, 0.1) is 13.8 Å². The minimum Gasteiger partial charge on any atom is -0.340 e. The molecule has 0 spiro atoms. The second-order valence-electron chi connectivity index (χ2n) is 6.19. The van der Waals surface area contributed by atoms with E-state index in [0.717, 1.165) is 22.6 Å². The van der Waals surface area contributed by atoms with E-state index < -0.39 is 0 Å². The summed E-state index contributed by atoms with van der Waals surface area (Å²) in [5.74, 6) is 0.992. The van der Waals surface area contributed by atoms with Gasteiger partial charge in [0.1, 0.15) is 5.82 Å². The summed E-state index contributed by atoms with van der Waals surface area (Å²) in [6, 6.07) is 15.0. The highest BCUT2D eigenvalue weighted by Gasteiger charge is 2.06. The summed E-state index contributed by atoms with van der Waals surface area (Å²) in [5, 5.41) is 9.85. The molecule has 1 heterocycles. The van der Waals surface area contributed by atoms with Gasteiger partial charge in [0.2, 0.25) is 11.9 Å². The molecular formula is C20H20ClN5O. The van der Waals surface area contributed by atoms with E-state index in [2.05, 4.69) is 25.9 Å². The fraction of sp³-hybridized carbons (Fsp3) is 0.150. The lowest BCUT2D eigenvalue weighted by Gasteiger charge is -2.11. The number of aryl methyl sites for hydroxylation is 2. The molecule has 27 heavy (non-hydrogen) atoms. The molecule has 0 bridgehead atoms. The predicted molar refractivity (Wildman–Crippen MR) is 110 cm³/mol. The smallest absolute Gasteiger partial charge is 0.229 e. The van der Waals surface area contributed by atoms with Gasteiger partial charge in [-0.1, -0.05) is 23.7 Å². The molecule has 0 aliphatic carbocycles. The number of nitrogens with one attached hydrogen (secondary N) is 3. The number of nitrogens with zero attached hydrogens (tertiary/aromatic N) is 2. The van der Waals surface area contributed by atoms with Crippen molar-refractivity contribution in [1.82, 2.24) is 9.97 Å². The Morgan fingerprint density at radius 2 is 1.67 bits per heavy atom. The summed E-state index contributed by atoms with van der Waals surface area (Å²) in [5.41, 5.74) is 4.16. The van der Waals surface area contributed by atoms with Crippen LogP contribution in [-0.2, 0) is 4.79 Å². The van der Waals surface area contributed by atoms with Gasteiger partial charge < -0.3 is 16.0 Å². The summed E-state index contributed by atoms with van der Waals surface area (Å²) in [6.07, 6.45) is 0. The fourth-order valence-electron chi connectivity index (χ4n) is 2.51. The van der Waals surface area contributed by atoms with Crippen molar-refractivity contribution in [2.75, 3.05) is 16.0 Å². The van der Waals surface area contributed by atoms with Crippen LogP contribution in [0.4, 0.5) is 28.8 Å². The SMILES string of the molecule is CC(=O)Nc1cccc(Nc2cc(C)nc(Nc3ccc(C)c(Cl)c3)n2)c1. The first-order valence-corrected chi connectivity index (χ1v) is 8.80. The van der Waals surface area contributed by atoms with E-state index in [0.29, 0.717) is 22.5 Å². The molecule has 0 fully saturated rings. The van der Waals surface area contributed by atoms with Crippen LogP contribution < -0.4 is 16.0 Å². The first-order valence-electron chi connectivity index (χ1n) is 8.42. The monoisotopic (exact) mass is 381 g/mol. The molecule has 1 aromatic heterocycles. The largest absolute Gasteiger partial charge is 0.340 e. The van der Waals surface area contributed by atoms with E-state index in [1.807, 2.05) is 62.4 Å². The third-order valence-electron chi connectivity index (χ3n) is 3.74. The van der Waals surface area contributed by atoms with Gasteiger partial charge in [-0.25, -0.2) is 4.98 Å². The molecule has 6 nitrogen and oxygen atoms in total. The van der Waals surface area contributed by atoms with Crippen LogP contribution in [0.1, 0.15) is 18.2 Å². The quantitative estimate of drug-likeness (QED) is 0.566. The standard InChI is InChI=1S/C20H20ClN5O/c1-12-7-8-17(11-18(12)21)25-20-22-13(2)9-19(26-20)24-16-6-4-5-15(10-16)23-14(3)27/h4-11H,1-3H3,(H,23,27)(H2,22,24,25,26). The molecule has 3 aromatic rings. The second kappa shape index (κ2) is 8.05. The van der Waals surface area contributed by atoms with Gasteiger partial charge in [0.25, 0.3) is 0 Å². The van der Waals surface area contributed by atoms with Gasteiger partial charge in [0.05, 0.1) is 0 Å². The number of hydrogen-bond acceptors (Lipinski definition) is 5. The number of amides is 1. The van der Waals surface area contributed by atoms with Crippen molar-refractivity contribution in [3.8, 4) is 0 Å². The Balaban J connectivity index is 1.81. The van der Waals surface area contributed by atoms with Crippen molar-refractivity contribution in [2.45, 2.75) is 20.8 Å². The first kappa shape index (κ1) is 18.7. The number of rotatable bonds is 5. The number of hydrogen-bond donors (Lipinski definition) is 3. The van der Waals surface area contributed by atoms with Gasteiger partial charge in [-0.05, 0) is 49.7 Å². The lowest BCUT2D eigenvalue weighted by atomic mass is 10.2. The van der Waals surface area contributed by atoms with Gasteiger partial charge in [0, 0.05) is 40.8 Å². The van der Waals surface area contributed by atoms with E-state index in [1.54, 1.807) is 0 Å². The molecule has 138 valence electrons. The van der Waals surface area contributed by atoms with Crippen LogP contribution in [0.2, 0.25) is 5.02 Å². The topological polar surface area (TPSA) is 78.9 Å². The Morgan fingerprint density at radius 3 is 2.41 bits per heavy atom. The van der Waals surface area contributed by atoms with Crippen molar-refractivity contribution in [2.24, 2.45) is 0 Å². The summed E-state index contributed by atoms with van der Waals surface area (Å²) in [6.45, 7) is 5.32. The zero-order chi connectivity index (χ0) is 19.4. The van der Waals surface area contributed by atoms with E-state index >= 15 is 0 Å². The van der Waals surface area contributed by atoms with Crippen LogP contribution in [0.15, 0.2) is 48.5 Å². The Kier molecular flexibility index (Phi) is 5.57. The van der Waals surface area contributed by atoms with E-state index in [4.69, 9.17) is 11.6 Å². The number of benzene rings is 2. The molecule has 3 N–H and O–H groups in total. The van der Waals surface area contributed by atoms with Crippen LogP contribution in [0.3, 0.4) is 0 Å². The van der Waals surface area contributed by atoms with E-state index in [1.165, 1.54) is 6.92 Å².